The van der Waals surface area contributed by atoms with E-state index in [9.17, 15) is 31.1 Å². The first kappa shape index (κ1) is 28.5. The first-order chi connectivity index (χ1) is 18.3. The van der Waals surface area contributed by atoms with Crippen LogP contribution in [0.2, 0.25) is 0 Å². The van der Waals surface area contributed by atoms with Crippen LogP contribution in [0.3, 0.4) is 0 Å². The summed E-state index contributed by atoms with van der Waals surface area (Å²) in [5, 5.41) is 0. The highest BCUT2D eigenvalue weighted by Gasteiger charge is 2.37. The largest absolute Gasteiger partial charge is 0.438 e. The van der Waals surface area contributed by atoms with Crippen molar-refractivity contribution in [1.29, 1.82) is 0 Å². The fourth-order valence-corrected chi connectivity index (χ4v) is 4.84. The van der Waals surface area contributed by atoms with E-state index in [1.54, 1.807) is 36.9 Å². The molecule has 0 saturated carbocycles. The van der Waals surface area contributed by atoms with Gasteiger partial charge in [0.25, 0.3) is 5.91 Å². The van der Waals surface area contributed by atoms with Crippen LogP contribution in [0.15, 0.2) is 48.7 Å². The monoisotopic (exact) mass is 570 g/mol. The summed E-state index contributed by atoms with van der Waals surface area (Å²) in [7, 11) is 1.27. The van der Waals surface area contributed by atoms with Gasteiger partial charge in [0.2, 0.25) is 11.8 Å². The number of para-hydroxylation sites is 1. The van der Waals surface area contributed by atoms with Gasteiger partial charge in [-0.15, -0.1) is 0 Å². The van der Waals surface area contributed by atoms with Gasteiger partial charge in [0.15, 0.2) is 0 Å². The first-order valence-electron chi connectivity index (χ1n) is 11.8. The number of rotatable bonds is 6. The van der Waals surface area contributed by atoms with Crippen LogP contribution >= 0.6 is 11.8 Å². The Bertz CT molecular complexity index is 1310. The molecule has 1 aliphatic rings. The van der Waals surface area contributed by atoms with Crippen molar-refractivity contribution in [3.05, 3.63) is 76.5 Å². The standard InChI is InChI=1S/C26H24F6N4O2S/c1-16-5-3-4-6-21(16)38-22-20(14-33-24(34-22)36-7-9-39-10-8-36)23(37)35(2)15-17-11-18(25(27,28)29)13-19(12-17)26(30,31)32/h3-6,11-14H,7-10,15H2,1-2H3. The molecular weight excluding hydrogens is 546 g/mol. The molecule has 0 spiro atoms. The lowest BCUT2D eigenvalue weighted by atomic mass is 10.0. The number of aryl methyl sites for hydroxylation is 1. The maximum absolute atomic E-state index is 13.4. The molecule has 1 amide bonds. The van der Waals surface area contributed by atoms with E-state index in [0.29, 0.717) is 36.9 Å². The lowest BCUT2D eigenvalue weighted by Gasteiger charge is -2.27. The van der Waals surface area contributed by atoms with E-state index in [1.807, 2.05) is 11.0 Å². The van der Waals surface area contributed by atoms with Crippen LogP contribution in [-0.2, 0) is 18.9 Å². The fraction of sp³-hybridized carbons (Fsp3) is 0.346. The van der Waals surface area contributed by atoms with Crippen LogP contribution in [0.5, 0.6) is 11.6 Å². The van der Waals surface area contributed by atoms with Gasteiger partial charge in [0, 0.05) is 44.4 Å². The molecule has 0 bridgehead atoms. The van der Waals surface area contributed by atoms with Gasteiger partial charge in [0.1, 0.15) is 11.3 Å². The Morgan fingerprint density at radius 2 is 1.64 bits per heavy atom. The van der Waals surface area contributed by atoms with Crippen LogP contribution in [0.25, 0.3) is 0 Å². The predicted molar refractivity (Wildman–Crippen MR) is 135 cm³/mol. The number of hydrogen-bond acceptors (Lipinski definition) is 6. The van der Waals surface area contributed by atoms with E-state index in [2.05, 4.69) is 9.97 Å². The maximum Gasteiger partial charge on any atom is 0.416 e. The molecule has 0 atom stereocenters. The SMILES string of the molecule is Cc1ccccc1Oc1nc(N2CCSCC2)ncc1C(=O)N(C)Cc1cc(C(F)(F)F)cc(C(F)(F)F)c1. The van der Waals surface area contributed by atoms with Gasteiger partial charge in [0.05, 0.1) is 11.1 Å². The number of halogens is 6. The highest BCUT2D eigenvalue weighted by molar-refractivity contribution is 7.99. The molecule has 0 aliphatic carbocycles. The highest BCUT2D eigenvalue weighted by Crippen LogP contribution is 2.37. The molecule has 208 valence electrons. The zero-order valence-corrected chi connectivity index (χ0v) is 21.8. The van der Waals surface area contributed by atoms with Gasteiger partial charge < -0.3 is 14.5 Å². The minimum atomic E-state index is -5.00. The van der Waals surface area contributed by atoms with Gasteiger partial charge in [-0.2, -0.15) is 43.1 Å². The van der Waals surface area contributed by atoms with Crippen molar-refractivity contribution in [2.45, 2.75) is 25.8 Å². The Hall–Kier alpha value is -3.48. The second-order valence-electron chi connectivity index (χ2n) is 8.93. The minimum absolute atomic E-state index is 0.0468. The molecule has 0 unspecified atom stereocenters. The molecule has 3 aromatic rings. The molecule has 1 fully saturated rings. The van der Waals surface area contributed by atoms with E-state index in [4.69, 9.17) is 4.74 Å². The van der Waals surface area contributed by atoms with Crippen LogP contribution < -0.4 is 9.64 Å². The van der Waals surface area contributed by atoms with Crippen molar-refractivity contribution in [1.82, 2.24) is 14.9 Å². The van der Waals surface area contributed by atoms with Crippen LogP contribution in [-0.4, -0.2) is 52.4 Å². The van der Waals surface area contributed by atoms with E-state index >= 15 is 0 Å². The molecular formula is C26H24F6N4O2S. The molecule has 0 N–H and O–H groups in total. The van der Waals surface area contributed by atoms with Crippen molar-refractivity contribution in [3.63, 3.8) is 0 Å². The molecule has 6 nitrogen and oxygen atoms in total. The Balaban J connectivity index is 1.67. The van der Waals surface area contributed by atoms with Crippen molar-refractivity contribution < 1.29 is 35.9 Å². The number of carbonyl (C=O) groups excluding carboxylic acids is 1. The third-order valence-corrected chi connectivity index (χ3v) is 6.92. The van der Waals surface area contributed by atoms with Gasteiger partial charge in [-0.05, 0) is 42.3 Å². The third-order valence-electron chi connectivity index (χ3n) is 5.98. The number of aromatic nitrogens is 2. The van der Waals surface area contributed by atoms with E-state index in [1.165, 1.54) is 13.2 Å². The smallest absolute Gasteiger partial charge is 0.416 e. The second-order valence-corrected chi connectivity index (χ2v) is 10.2. The van der Waals surface area contributed by atoms with Gasteiger partial charge in [-0.1, -0.05) is 18.2 Å². The van der Waals surface area contributed by atoms with Gasteiger partial charge >= 0.3 is 12.4 Å². The van der Waals surface area contributed by atoms with Crippen molar-refractivity contribution in [3.8, 4) is 11.6 Å². The lowest BCUT2D eigenvalue weighted by Crippen LogP contribution is -2.34. The maximum atomic E-state index is 13.4. The molecule has 2 heterocycles. The number of ether oxygens (including phenoxy) is 1. The van der Waals surface area contributed by atoms with Gasteiger partial charge in [-0.25, -0.2) is 4.98 Å². The Morgan fingerprint density at radius 3 is 2.23 bits per heavy atom. The van der Waals surface area contributed by atoms with Crippen molar-refractivity contribution in [2.24, 2.45) is 0 Å². The summed E-state index contributed by atoms with van der Waals surface area (Å²) in [6, 6.07) is 8.28. The zero-order chi connectivity index (χ0) is 28.4. The number of alkyl halides is 6. The number of nitrogens with zero attached hydrogens (tertiary/aromatic N) is 4. The minimum Gasteiger partial charge on any atom is -0.438 e. The first-order valence-corrected chi connectivity index (χ1v) is 13.0. The Morgan fingerprint density at radius 1 is 1.03 bits per heavy atom. The topological polar surface area (TPSA) is 58.6 Å². The summed E-state index contributed by atoms with van der Waals surface area (Å²) < 4.78 is 85.8. The van der Waals surface area contributed by atoms with Crippen LogP contribution in [0, 0.1) is 6.92 Å². The molecule has 1 saturated heterocycles. The molecule has 2 aromatic carbocycles. The molecule has 0 radical (unpaired) electrons. The average molecular weight is 571 g/mol. The predicted octanol–water partition coefficient (Wildman–Crippen LogP) is 6.44. The highest BCUT2D eigenvalue weighted by atomic mass is 32.2. The number of carbonyl (C=O) groups is 1. The number of amides is 1. The van der Waals surface area contributed by atoms with Gasteiger partial charge in [-0.3, -0.25) is 4.79 Å². The fourth-order valence-electron chi connectivity index (χ4n) is 3.93. The Labute approximate surface area is 225 Å². The van der Waals surface area contributed by atoms with Crippen molar-refractivity contribution in [2.75, 3.05) is 36.5 Å². The van der Waals surface area contributed by atoms with E-state index in [-0.39, 0.29) is 23.1 Å². The van der Waals surface area contributed by atoms with Crippen LogP contribution in [0.4, 0.5) is 32.3 Å². The summed E-state index contributed by atoms with van der Waals surface area (Å²) in [5.74, 6) is 1.73. The molecule has 4 rings (SSSR count). The number of benzene rings is 2. The molecule has 1 aromatic heterocycles. The molecule has 1 aliphatic heterocycles. The second kappa shape index (κ2) is 11.3. The average Bonchev–Trinajstić information content (AvgIpc) is 2.89. The quantitative estimate of drug-likeness (QED) is 0.318. The summed E-state index contributed by atoms with van der Waals surface area (Å²) in [6.45, 7) is 2.66. The summed E-state index contributed by atoms with van der Waals surface area (Å²) in [5.41, 5.74) is -2.56. The number of hydrogen-bond donors (Lipinski definition) is 0. The van der Waals surface area contributed by atoms with Crippen LogP contribution in [0.1, 0.15) is 32.6 Å². The normalized spacial score (nSPS) is 14.3. The Kier molecular flexibility index (Phi) is 8.28. The summed E-state index contributed by atoms with van der Waals surface area (Å²) in [6.07, 6.45) is -8.72. The number of anilines is 1. The molecule has 39 heavy (non-hydrogen) atoms. The zero-order valence-electron chi connectivity index (χ0n) is 20.9. The third kappa shape index (κ3) is 6.94. The van der Waals surface area contributed by atoms with E-state index in [0.717, 1.165) is 22.0 Å². The summed E-state index contributed by atoms with van der Waals surface area (Å²) >= 11 is 1.79. The summed E-state index contributed by atoms with van der Waals surface area (Å²) in [4.78, 5) is 25.1. The number of thioether (sulfide) groups is 1. The molecule has 13 heteroatoms. The lowest BCUT2D eigenvalue weighted by molar-refractivity contribution is -0.143. The van der Waals surface area contributed by atoms with Crippen molar-refractivity contribution >= 4 is 23.6 Å². The van der Waals surface area contributed by atoms with E-state index < -0.39 is 35.9 Å².